The first-order valence-electron chi connectivity index (χ1n) is 6.71. The standard InChI is InChI=1S/C15H21NOS/c1-2-3-9-15-10-14(16-17-15)12-18-11-13-7-5-4-6-8-13/h4-8,15H,2-3,9-12H2,1H3. The Labute approximate surface area is 114 Å². The predicted octanol–water partition coefficient (Wildman–Crippen LogP) is 4.25. The molecule has 18 heavy (non-hydrogen) atoms. The van der Waals surface area contributed by atoms with Crippen molar-refractivity contribution in [2.24, 2.45) is 5.16 Å². The second kappa shape index (κ2) is 7.47. The molecule has 3 heteroatoms. The molecule has 1 heterocycles. The maximum absolute atomic E-state index is 5.45. The van der Waals surface area contributed by atoms with Crippen LogP contribution in [0.2, 0.25) is 0 Å². The van der Waals surface area contributed by atoms with Crippen LogP contribution in [0.25, 0.3) is 0 Å². The number of hydrogen-bond donors (Lipinski definition) is 0. The highest BCUT2D eigenvalue weighted by molar-refractivity contribution is 7.99. The smallest absolute Gasteiger partial charge is 0.132 e. The summed E-state index contributed by atoms with van der Waals surface area (Å²) in [5, 5.41) is 4.20. The Bertz CT molecular complexity index is 377. The molecule has 1 aromatic rings. The number of hydrogen-bond acceptors (Lipinski definition) is 3. The minimum absolute atomic E-state index is 0.345. The minimum Gasteiger partial charge on any atom is -0.392 e. The Morgan fingerprint density at radius 3 is 2.89 bits per heavy atom. The maximum atomic E-state index is 5.45. The van der Waals surface area contributed by atoms with Crippen molar-refractivity contribution in [3.05, 3.63) is 35.9 Å². The predicted molar refractivity (Wildman–Crippen MR) is 79.1 cm³/mol. The fourth-order valence-electron chi connectivity index (χ4n) is 2.02. The average Bonchev–Trinajstić information content (AvgIpc) is 2.85. The van der Waals surface area contributed by atoms with E-state index < -0.39 is 0 Å². The van der Waals surface area contributed by atoms with Crippen LogP contribution in [-0.2, 0) is 10.6 Å². The molecular formula is C15H21NOS. The molecule has 1 aliphatic heterocycles. The van der Waals surface area contributed by atoms with Crippen LogP contribution in [0.1, 0.15) is 38.2 Å². The van der Waals surface area contributed by atoms with Crippen LogP contribution in [0.5, 0.6) is 0 Å². The monoisotopic (exact) mass is 263 g/mol. The second-order valence-electron chi connectivity index (χ2n) is 4.71. The van der Waals surface area contributed by atoms with Crippen LogP contribution in [0.4, 0.5) is 0 Å². The van der Waals surface area contributed by atoms with Crippen molar-refractivity contribution >= 4 is 17.5 Å². The summed E-state index contributed by atoms with van der Waals surface area (Å²) < 4.78 is 0. The fraction of sp³-hybridized carbons (Fsp3) is 0.533. The molecule has 1 aromatic carbocycles. The summed E-state index contributed by atoms with van der Waals surface area (Å²) in [5.74, 6) is 2.05. The molecule has 0 spiro atoms. The molecule has 98 valence electrons. The van der Waals surface area contributed by atoms with E-state index in [1.54, 1.807) is 0 Å². The zero-order valence-electron chi connectivity index (χ0n) is 11.0. The third-order valence-corrected chi connectivity index (χ3v) is 4.13. The highest BCUT2D eigenvalue weighted by atomic mass is 32.2. The Kier molecular flexibility index (Phi) is 5.59. The van der Waals surface area contributed by atoms with Crippen LogP contribution < -0.4 is 0 Å². The largest absolute Gasteiger partial charge is 0.392 e. The Balaban J connectivity index is 1.63. The molecule has 1 unspecified atom stereocenters. The van der Waals surface area contributed by atoms with Gasteiger partial charge >= 0.3 is 0 Å². The van der Waals surface area contributed by atoms with Gasteiger partial charge < -0.3 is 4.84 Å². The van der Waals surface area contributed by atoms with Crippen LogP contribution in [0.3, 0.4) is 0 Å². The van der Waals surface area contributed by atoms with Gasteiger partial charge in [-0.3, -0.25) is 0 Å². The lowest BCUT2D eigenvalue weighted by atomic mass is 10.1. The van der Waals surface area contributed by atoms with Gasteiger partial charge in [0, 0.05) is 17.9 Å². The van der Waals surface area contributed by atoms with Crippen molar-refractivity contribution in [2.45, 2.75) is 44.5 Å². The topological polar surface area (TPSA) is 21.6 Å². The summed E-state index contributed by atoms with van der Waals surface area (Å²) >= 11 is 1.92. The number of benzene rings is 1. The molecule has 1 atom stereocenters. The third-order valence-electron chi connectivity index (χ3n) is 3.05. The molecule has 0 fully saturated rings. The Morgan fingerprint density at radius 2 is 2.11 bits per heavy atom. The highest BCUT2D eigenvalue weighted by Crippen LogP contribution is 2.20. The van der Waals surface area contributed by atoms with E-state index in [1.807, 2.05) is 11.8 Å². The number of rotatable bonds is 7. The first kappa shape index (κ1) is 13.5. The highest BCUT2D eigenvalue weighted by Gasteiger charge is 2.19. The van der Waals surface area contributed by atoms with E-state index in [2.05, 4.69) is 42.4 Å². The average molecular weight is 263 g/mol. The van der Waals surface area contributed by atoms with E-state index in [1.165, 1.54) is 24.1 Å². The SMILES string of the molecule is CCCCC1CC(CSCc2ccccc2)=NO1. The van der Waals surface area contributed by atoms with Gasteiger partial charge in [-0.25, -0.2) is 0 Å². The number of thioether (sulfide) groups is 1. The van der Waals surface area contributed by atoms with Gasteiger partial charge in [-0.15, -0.1) is 0 Å². The molecule has 0 saturated carbocycles. The summed E-state index contributed by atoms with van der Waals surface area (Å²) in [6.07, 6.45) is 4.99. The molecule has 0 bridgehead atoms. The second-order valence-corrected chi connectivity index (χ2v) is 5.70. The lowest BCUT2D eigenvalue weighted by Gasteiger charge is -2.05. The van der Waals surface area contributed by atoms with Gasteiger partial charge in [0.05, 0.1) is 5.71 Å². The van der Waals surface area contributed by atoms with Gasteiger partial charge in [0.1, 0.15) is 6.10 Å². The number of unbranched alkanes of at least 4 members (excludes halogenated alkanes) is 1. The van der Waals surface area contributed by atoms with Crippen molar-refractivity contribution in [1.29, 1.82) is 0 Å². The molecule has 1 aliphatic rings. The van der Waals surface area contributed by atoms with Gasteiger partial charge in [0.25, 0.3) is 0 Å². The van der Waals surface area contributed by atoms with Crippen molar-refractivity contribution < 1.29 is 4.84 Å². The van der Waals surface area contributed by atoms with Crippen LogP contribution in [0, 0.1) is 0 Å². The molecule has 0 aliphatic carbocycles. The van der Waals surface area contributed by atoms with E-state index in [9.17, 15) is 0 Å². The first-order valence-corrected chi connectivity index (χ1v) is 7.87. The molecular weight excluding hydrogens is 242 g/mol. The molecule has 0 aromatic heterocycles. The van der Waals surface area contributed by atoms with Crippen molar-refractivity contribution in [2.75, 3.05) is 5.75 Å². The Morgan fingerprint density at radius 1 is 1.28 bits per heavy atom. The summed E-state index contributed by atoms with van der Waals surface area (Å²) in [7, 11) is 0. The van der Waals surface area contributed by atoms with Crippen molar-refractivity contribution in [3.63, 3.8) is 0 Å². The molecule has 2 rings (SSSR count). The van der Waals surface area contributed by atoms with Crippen LogP contribution in [0.15, 0.2) is 35.5 Å². The number of nitrogens with zero attached hydrogens (tertiary/aromatic N) is 1. The summed E-state index contributed by atoms with van der Waals surface area (Å²) in [5.41, 5.74) is 2.60. The molecule has 0 N–H and O–H groups in total. The summed E-state index contributed by atoms with van der Waals surface area (Å²) in [6.45, 7) is 2.21. The quantitative estimate of drug-likeness (QED) is 0.733. The number of oxime groups is 1. The summed E-state index contributed by atoms with van der Waals surface area (Å²) in [6, 6.07) is 10.6. The zero-order chi connectivity index (χ0) is 12.6. The zero-order valence-corrected chi connectivity index (χ0v) is 11.8. The first-order chi connectivity index (χ1) is 8.88. The molecule has 0 saturated heterocycles. The van der Waals surface area contributed by atoms with Crippen molar-refractivity contribution in [3.8, 4) is 0 Å². The Hall–Kier alpha value is -0.960. The van der Waals surface area contributed by atoms with Gasteiger partial charge in [-0.05, 0) is 18.4 Å². The van der Waals surface area contributed by atoms with E-state index in [4.69, 9.17) is 4.84 Å². The van der Waals surface area contributed by atoms with Crippen LogP contribution >= 0.6 is 11.8 Å². The normalized spacial score (nSPS) is 18.5. The molecule has 2 nitrogen and oxygen atoms in total. The van der Waals surface area contributed by atoms with Crippen molar-refractivity contribution in [1.82, 2.24) is 0 Å². The van der Waals surface area contributed by atoms with Gasteiger partial charge in [-0.2, -0.15) is 11.8 Å². The maximum Gasteiger partial charge on any atom is 0.132 e. The van der Waals surface area contributed by atoms with E-state index in [0.29, 0.717) is 6.10 Å². The van der Waals surface area contributed by atoms with E-state index >= 15 is 0 Å². The molecule has 0 amide bonds. The third kappa shape index (κ3) is 4.37. The lowest BCUT2D eigenvalue weighted by Crippen LogP contribution is -2.08. The lowest BCUT2D eigenvalue weighted by molar-refractivity contribution is 0.0774. The van der Waals surface area contributed by atoms with Gasteiger partial charge in [0.15, 0.2) is 0 Å². The fourth-order valence-corrected chi connectivity index (χ4v) is 2.96. The molecule has 0 radical (unpaired) electrons. The van der Waals surface area contributed by atoms with Gasteiger partial charge in [0.2, 0.25) is 0 Å². The minimum atomic E-state index is 0.345. The van der Waals surface area contributed by atoms with Gasteiger partial charge in [-0.1, -0.05) is 48.8 Å². The van der Waals surface area contributed by atoms with Crippen LogP contribution in [-0.4, -0.2) is 17.6 Å². The van der Waals surface area contributed by atoms with E-state index in [0.717, 1.165) is 24.3 Å². The summed E-state index contributed by atoms with van der Waals surface area (Å²) in [4.78, 5) is 5.45. The van der Waals surface area contributed by atoms with E-state index in [-0.39, 0.29) is 0 Å².